The van der Waals surface area contributed by atoms with Gasteiger partial charge in [0.1, 0.15) is 17.8 Å². The Morgan fingerprint density at radius 3 is 1.95 bits per heavy atom. The quantitative estimate of drug-likeness (QED) is 0.346. The van der Waals surface area contributed by atoms with Crippen LogP contribution in [0, 0.1) is 17.8 Å². The van der Waals surface area contributed by atoms with Gasteiger partial charge in [-0.25, -0.2) is 9.59 Å². The van der Waals surface area contributed by atoms with Gasteiger partial charge in [0.2, 0.25) is 17.9 Å². The van der Waals surface area contributed by atoms with E-state index in [9.17, 15) is 24.0 Å². The van der Waals surface area contributed by atoms with Gasteiger partial charge >= 0.3 is 11.9 Å². The monoisotopic (exact) mass is 557 g/mol. The van der Waals surface area contributed by atoms with E-state index in [0.29, 0.717) is 12.0 Å². The average Bonchev–Trinajstić information content (AvgIpc) is 2.88. The van der Waals surface area contributed by atoms with Gasteiger partial charge < -0.3 is 25.4 Å². The van der Waals surface area contributed by atoms with Gasteiger partial charge in [-0.1, -0.05) is 78.0 Å². The summed E-state index contributed by atoms with van der Waals surface area (Å²) in [6.07, 6.45) is -0.771. The van der Waals surface area contributed by atoms with Crippen LogP contribution in [0.1, 0.15) is 66.9 Å². The van der Waals surface area contributed by atoms with Gasteiger partial charge in [-0.15, -0.1) is 0 Å². The van der Waals surface area contributed by atoms with Crippen LogP contribution >= 0.6 is 0 Å². The van der Waals surface area contributed by atoms with Gasteiger partial charge in [0.25, 0.3) is 5.91 Å². The maximum absolute atomic E-state index is 13.4. The van der Waals surface area contributed by atoms with E-state index in [0.717, 1.165) is 0 Å². The molecule has 40 heavy (non-hydrogen) atoms. The van der Waals surface area contributed by atoms with Crippen LogP contribution in [0.25, 0.3) is 0 Å². The summed E-state index contributed by atoms with van der Waals surface area (Å²) in [6.45, 7) is 12.6. The largest absolute Gasteiger partial charge is 0.450 e. The maximum atomic E-state index is 13.4. The van der Waals surface area contributed by atoms with Gasteiger partial charge in [-0.05, 0) is 43.1 Å². The van der Waals surface area contributed by atoms with Crippen molar-refractivity contribution in [2.75, 3.05) is 0 Å². The number of rotatable bonds is 7. The van der Waals surface area contributed by atoms with E-state index in [1.165, 1.54) is 6.08 Å². The molecule has 3 N–H and O–H groups in total. The van der Waals surface area contributed by atoms with E-state index in [1.54, 1.807) is 45.0 Å². The Morgan fingerprint density at radius 2 is 1.40 bits per heavy atom. The second kappa shape index (κ2) is 15.2. The van der Waals surface area contributed by atoms with Crippen LogP contribution in [-0.4, -0.2) is 54.0 Å². The summed E-state index contributed by atoms with van der Waals surface area (Å²) in [5.41, 5.74) is 0.523. The molecular weight excluding hydrogens is 514 g/mol. The van der Waals surface area contributed by atoms with Crippen molar-refractivity contribution in [2.24, 2.45) is 17.8 Å². The van der Waals surface area contributed by atoms with Crippen LogP contribution < -0.4 is 16.0 Å². The number of carbonyl (C=O) groups excluding carboxylic acids is 5. The molecule has 0 spiro atoms. The molecule has 0 radical (unpaired) electrons. The molecule has 10 nitrogen and oxygen atoms in total. The number of ether oxygens (including phenoxy) is 2. The summed E-state index contributed by atoms with van der Waals surface area (Å²) in [5, 5.41) is 7.99. The molecule has 0 saturated carbocycles. The van der Waals surface area contributed by atoms with E-state index < -0.39 is 54.0 Å². The molecule has 1 saturated heterocycles. The fourth-order valence-electron chi connectivity index (χ4n) is 4.25. The highest BCUT2D eigenvalue weighted by Crippen LogP contribution is 2.17. The normalized spacial score (nSPS) is 24.6. The van der Waals surface area contributed by atoms with Crippen LogP contribution in [0.15, 0.2) is 42.1 Å². The fourth-order valence-corrected chi connectivity index (χ4v) is 4.25. The lowest BCUT2D eigenvalue weighted by molar-refractivity contribution is -0.172. The van der Waals surface area contributed by atoms with E-state index in [4.69, 9.17) is 9.47 Å². The van der Waals surface area contributed by atoms with Gasteiger partial charge in [-0.3, -0.25) is 14.4 Å². The number of amides is 3. The summed E-state index contributed by atoms with van der Waals surface area (Å²) in [5.74, 6) is -3.99. The molecule has 0 bridgehead atoms. The van der Waals surface area contributed by atoms with E-state index in [1.807, 2.05) is 33.8 Å². The third-order valence-electron chi connectivity index (χ3n) is 6.37. The zero-order chi connectivity index (χ0) is 30.0. The zero-order valence-electron chi connectivity index (χ0n) is 24.5. The lowest BCUT2D eigenvalue weighted by atomic mass is 9.99. The molecule has 1 aliphatic rings. The number of allylic oxidation sites excluding steroid dienone is 1. The summed E-state index contributed by atoms with van der Waals surface area (Å²) < 4.78 is 11.2. The van der Waals surface area contributed by atoms with E-state index >= 15 is 0 Å². The smallest absolute Gasteiger partial charge is 0.355 e. The van der Waals surface area contributed by atoms with Crippen molar-refractivity contribution in [3.63, 3.8) is 0 Å². The highest BCUT2D eigenvalue weighted by atomic mass is 16.6. The Balaban J connectivity index is 2.56. The maximum Gasteiger partial charge on any atom is 0.355 e. The van der Waals surface area contributed by atoms with Crippen molar-refractivity contribution < 1.29 is 33.4 Å². The highest BCUT2D eigenvalue weighted by molar-refractivity contribution is 5.99. The first-order valence-electron chi connectivity index (χ1n) is 13.9. The first-order chi connectivity index (χ1) is 18.8. The van der Waals surface area contributed by atoms with Gasteiger partial charge in [0.05, 0.1) is 0 Å². The molecule has 1 aromatic carbocycles. The van der Waals surface area contributed by atoms with E-state index in [-0.39, 0.29) is 36.3 Å². The number of cyclic esters (lactones) is 2. The van der Waals surface area contributed by atoms with Gasteiger partial charge in [-0.2, -0.15) is 0 Å². The van der Waals surface area contributed by atoms with Gasteiger partial charge in [0.15, 0.2) is 6.10 Å². The molecule has 10 heteroatoms. The zero-order valence-corrected chi connectivity index (χ0v) is 24.5. The molecule has 0 unspecified atom stereocenters. The Kier molecular flexibility index (Phi) is 12.4. The molecule has 1 aromatic rings. The van der Waals surface area contributed by atoms with Crippen LogP contribution in [0.3, 0.4) is 0 Å². The van der Waals surface area contributed by atoms with Crippen molar-refractivity contribution in [2.45, 2.75) is 92.0 Å². The Bertz CT molecular complexity index is 1080. The first kappa shape index (κ1) is 32.5. The third kappa shape index (κ3) is 9.81. The predicted molar refractivity (Wildman–Crippen MR) is 149 cm³/mol. The minimum atomic E-state index is -1.39. The molecule has 1 aliphatic heterocycles. The minimum absolute atomic E-state index is 0.00297. The minimum Gasteiger partial charge on any atom is -0.450 e. The molecule has 3 amide bonds. The predicted octanol–water partition coefficient (Wildman–Crippen LogP) is 2.80. The topological polar surface area (TPSA) is 140 Å². The van der Waals surface area contributed by atoms with Crippen LogP contribution in [-0.2, 0) is 39.9 Å². The number of hydrogen-bond acceptors (Lipinski definition) is 7. The van der Waals surface area contributed by atoms with Crippen LogP contribution in [0.5, 0.6) is 0 Å². The number of carbonyl (C=O) groups is 5. The lowest BCUT2D eigenvalue weighted by Gasteiger charge is -2.27. The summed E-state index contributed by atoms with van der Waals surface area (Å²) in [6, 6.07) is 6.95. The number of nitrogens with one attached hydrogen (secondary N) is 3. The fraction of sp³-hybridized carbons (Fsp3) is 0.567. The summed E-state index contributed by atoms with van der Waals surface area (Å²) in [4.78, 5) is 66.5. The van der Waals surface area contributed by atoms with Crippen molar-refractivity contribution in [3.8, 4) is 0 Å². The summed E-state index contributed by atoms with van der Waals surface area (Å²) >= 11 is 0. The average molecular weight is 558 g/mol. The van der Waals surface area contributed by atoms with Crippen molar-refractivity contribution in [3.05, 3.63) is 47.7 Å². The second-order valence-electron chi connectivity index (χ2n) is 11.3. The van der Waals surface area contributed by atoms with Crippen LogP contribution in [0.2, 0.25) is 0 Å². The second-order valence-corrected chi connectivity index (χ2v) is 11.3. The standard InChI is InChI=1S/C30H43N3O7/c1-8-21-29(37)40-24(16-20-12-10-9-11-13-20)30(38)39-23(15-18(4)5)27(35)32-22(14-17(2)3)26(34)33-25(19(6)7)28(36)31-21/h8-13,17-19,22-25H,14-16H2,1-7H3,(H,31,36)(H,32,35)(H,33,34)/b21-8-/t22-,23+,24+,25+/m1/s1. The van der Waals surface area contributed by atoms with Crippen molar-refractivity contribution in [1.29, 1.82) is 0 Å². The number of benzene rings is 1. The molecule has 2 rings (SSSR count). The molecule has 4 atom stereocenters. The third-order valence-corrected chi connectivity index (χ3v) is 6.37. The molecule has 0 aromatic heterocycles. The van der Waals surface area contributed by atoms with E-state index in [2.05, 4.69) is 16.0 Å². The highest BCUT2D eigenvalue weighted by Gasteiger charge is 2.36. The summed E-state index contributed by atoms with van der Waals surface area (Å²) in [7, 11) is 0. The van der Waals surface area contributed by atoms with Gasteiger partial charge in [0, 0.05) is 6.42 Å². The number of esters is 2. The molecular formula is C30H43N3O7. The van der Waals surface area contributed by atoms with Crippen molar-refractivity contribution in [1.82, 2.24) is 16.0 Å². The Morgan fingerprint density at radius 1 is 0.775 bits per heavy atom. The molecule has 1 heterocycles. The SMILES string of the molecule is C/C=C1\NC(=O)[C@H](C(C)C)NC(=O)[C@@H](CC(C)C)NC(=O)[C@H](CC(C)C)OC(=O)[C@H](Cc2ccccc2)OC1=O. The molecule has 220 valence electrons. The van der Waals surface area contributed by atoms with Crippen molar-refractivity contribution >= 4 is 29.7 Å². The Labute approximate surface area is 236 Å². The molecule has 0 aliphatic carbocycles. The lowest BCUT2D eigenvalue weighted by Crippen LogP contribution is -2.57. The van der Waals surface area contributed by atoms with Crippen LogP contribution in [0.4, 0.5) is 0 Å². The first-order valence-corrected chi connectivity index (χ1v) is 13.9. The number of hydrogen-bond donors (Lipinski definition) is 3. The molecule has 1 fully saturated rings. The Hall–Kier alpha value is -3.69.